The van der Waals surface area contributed by atoms with Crippen LogP contribution in [0, 0.1) is 11.2 Å². The third kappa shape index (κ3) is 4.57. The van der Waals surface area contributed by atoms with Crippen molar-refractivity contribution in [3.8, 4) is 11.1 Å². The van der Waals surface area contributed by atoms with Crippen LogP contribution in [0.2, 0.25) is 0 Å². The number of likely N-dealkylation sites (tertiary alicyclic amines) is 1. The standard InChI is InChI=1S/C25H26FN3O/c26-23-6-2-4-20(16-23)18-29-13-9-25(10-14-29,24(27)30)17-19-3-1-5-22(15-19)21-7-11-28-12-8-21/h1-8,11-12,15-16H,9-10,13-14,17-18H2,(H2,27,30). The Morgan fingerprint density at radius 1 is 0.967 bits per heavy atom. The average Bonchev–Trinajstić information content (AvgIpc) is 2.76. The fraction of sp³-hybridized carbons (Fsp3) is 0.280. The van der Waals surface area contributed by atoms with Gasteiger partial charge in [0.15, 0.2) is 0 Å². The number of benzene rings is 2. The molecular formula is C25H26FN3O. The van der Waals surface area contributed by atoms with Gasteiger partial charge in [-0.1, -0.05) is 36.4 Å². The quantitative estimate of drug-likeness (QED) is 0.671. The van der Waals surface area contributed by atoms with Crippen LogP contribution in [0.15, 0.2) is 73.1 Å². The number of amides is 1. The zero-order valence-electron chi connectivity index (χ0n) is 16.9. The van der Waals surface area contributed by atoms with Crippen LogP contribution < -0.4 is 5.73 Å². The molecule has 4 nitrogen and oxygen atoms in total. The van der Waals surface area contributed by atoms with E-state index in [-0.39, 0.29) is 11.7 Å². The smallest absolute Gasteiger partial charge is 0.224 e. The molecule has 2 aromatic carbocycles. The molecule has 1 fully saturated rings. The molecule has 5 heteroatoms. The molecule has 2 heterocycles. The van der Waals surface area contributed by atoms with E-state index in [2.05, 4.69) is 28.1 Å². The molecule has 4 rings (SSSR count). The number of halogens is 1. The van der Waals surface area contributed by atoms with E-state index in [9.17, 15) is 9.18 Å². The van der Waals surface area contributed by atoms with E-state index >= 15 is 0 Å². The third-order valence-electron chi connectivity index (χ3n) is 6.11. The number of aromatic nitrogens is 1. The molecule has 1 aliphatic rings. The zero-order valence-corrected chi connectivity index (χ0v) is 16.9. The van der Waals surface area contributed by atoms with Crippen molar-refractivity contribution in [3.63, 3.8) is 0 Å². The summed E-state index contributed by atoms with van der Waals surface area (Å²) in [5.41, 5.74) is 9.63. The van der Waals surface area contributed by atoms with E-state index in [4.69, 9.17) is 5.73 Å². The van der Waals surface area contributed by atoms with E-state index < -0.39 is 5.41 Å². The summed E-state index contributed by atoms with van der Waals surface area (Å²) in [5, 5.41) is 0. The predicted octanol–water partition coefficient (Wildman–Crippen LogP) is 4.20. The first-order valence-electron chi connectivity index (χ1n) is 10.3. The topological polar surface area (TPSA) is 59.2 Å². The summed E-state index contributed by atoms with van der Waals surface area (Å²) < 4.78 is 13.5. The second-order valence-corrected chi connectivity index (χ2v) is 8.16. The molecular weight excluding hydrogens is 377 g/mol. The Kier molecular flexibility index (Phi) is 5.91. The summed E-state index contributed by atoms with van der Waals surface area (Å²) in [7, 11) is 0. The van der Waals surface area contributed by atoms with Gasteiger partial charge in [-0.05, 0) is 78.9 Å². The van der Waals surface area contributed by atoms with Crippen molar-refractivity contribution in [1.82, 2.24) is 9.88 Å². The maximum absolute atomic E-state index is 13.5. The highest BCUT2D eigenvalue weighted by Crippen LogP contribution is 2.36. The Labute approximate surface area is 176 Å². The molecule has 3 aromatic rings. The van der Waals surface area contributed by atoms with Crippen molar-refractivity contribution >= 4 is 5.91 Å². The Bertz CT molecular complexity index is 1010. The Balaban J connectivity index is 1.46. The third-order valence-corrected chi connectivity index (χ3v) is 6.11. The monoisotopic (exact) mass is 403 g/mol. The van der Waals surface area contributed by atoms with Crippen molar-refractivity contribution in [2.75, 3.05) is 13.1 Å². The van der Waals surface area contributed by atoms with Crippen LogP contribution in [-0.2, 0) is 17.8 Å². The van der Waals surface area contributed by atoms with Crippen LogP contribution in [0.25, 0.3) is 11.1 Å². The lowest BCUT2D eigenvalue weighted by atomic mass is 9.73. The van der Waals surface area contributed by atoms with E-state index in [1.807, 2.05) is 24.3 Å². The number of carbonyl (C=O) groups excluding carboxylic acids is 1. The van der Waals surface area contributed by atoms with Gasteiger partial charge in [-0.2, -0.15) is 0 Å². The largest absolute Gasteiger partial charge is 0.369 e. The highest BCUT2D eigenvalue weighted by molar-refractivity contribution is 5.81. The van der Waals surface area contributed by atoms with Gasteiger partial charge in [0.05, 0.1) is 5.41 Å². The lowest BCUT2D eigenvalue weighted by Crippen LogP contribution is -2.48. The molecule has 30 heavy (non-hydrogen) atoms. The minimum Gasteiger partial charge on any atom is -0.369 e. The van der Waals surface area contributed by atoms with Gasteiger partial charge in [0.2, 0.25) is 5.91 Å². The summed E-state index contributed by atoms with van der Waals surface area (Å²) in [5.74, 6) is -0.452. The number of pyridine rings is 1. The summed E-state index contributed by atoms with van der Waals surface area (Å²) in [6.07, 6.45) is 5.60. The number of nitrogens with zero attached hydrogens (tertiary/aromatic N) is 2. The first-order valence-corrected chi connectivity index (χ1v) is 10.3. The van der Waals surface area contributed by atoms with Gasteiger partial charge in [-0.15, -0.1) is 0 Å². The van der Waals surface area contributed by atoms with Crippen molar-refractivity contribution < 1.29 is 9.18 Å². The van der Waals surface area contributed by atoms with Crippen LogP contribution in [0.5, 0.6) is 0 Å². The molecule has 1 aliphatic heterocycles. The van der Waals surface area contributed by atoms with Crippen molar-refractivity contribution in [2.45, 2.75) is 25.8 Å². The van der Waals surface area contributed by atoms with Crippen molar-refractivity contribution in [1.29, 1.82) is 0 Å². The zero-order chi connectivity index (χ0) is 21.0. The molecule has 1 amide bonds. The predicted molar refractivity (Wildman–Crippen MR) is 116 cm³/mol. The highest BCUT2D eigenvalue weighted by atomic mass is 19.1. The Morgan fingerprint density at radius 2 is 1.67 bits per heavy atom. The van der Waals surface area contributed by atoms with Crippen LogP contribution in [0.4, 0.5) is 4.39 Å². The number of primary amides is 1. The molecule has 0 radical (unpaired) electrons. The first kappa shape index (κ1) is 20.2. The molecule has 0 spiro atoms. The number of nitrogens with two attached hydrogens (primary N) is 1. The van der Waals surface area contributed by atoms with Crippen molar-refractivity contribution in [3.05, 3.63) is 90.0 Å². The van der Waals surface area contributed by atoms with Crippen LogP contribution in [-0.4, -0.2) is 28.9 Å². The molecule has 1 saturated heterocycles. The van der Waals surface area contributed by atoms with Gasteiger partial charge in [0.25, 0.3) is 0 Å². The molecule has 0 unspecified atom stereocenters. The first-order chi connectivity index (χ1) is 14.5. The number of carbonyl (C=O) groups is 1. The normalized spacial score (nSPS) is 16.3. The molecule has 0 aliphatic carbocycles. The molecule has 1 aromatic heterocycles. The summed E-state index contributed by atoms with van der Waals surface area (Å²) in [6, 6.07) is 19.0. The van der Waals surface area contributed by atoms with Gasteiger partial charge in [0.1, 0.15) is 5.82 Å². The summed E-state index contributed by atoms with van der Waals surface area (Å²) >= 11 is 0. The number of hydrogen-bond donors (Lipinski definition) is 1. The SMILES string of the molecule is NC(=O)C1(Cc2cccc(-c3ccncc3)c2)CCN(Cc2cccc(F)c2)CC1. The molecule has 0 bridgehead atoms. The molecule has 0 saturated carbocycles. The minimum absolute atomic E-state index is 0.218. The van der Waals surface area contributed by atoms with E-state index in [1.54, 1.807) is 24.5 Å². The van der Waals surface area contributed by atoms with Gasteiger partial charge in [0, 0.05) is 18.9 Å². The van der Waals surface area contributed by atoms with Crippen LogP contribution >= 0.6 is 0 Å². The van der Waals surface area contributed by atoms with Gasteiger partial charge >= 0.3 is 0 Å². The lowest BCUT2D eigenvalue weighted by Gasteiger charge is -2.40. The maximum Gasteiger partial charge on any atom is 0.224 e. The summed E-state index contributed by atoms with van der Waals surface area (Å²) in [6.45, 7) is 2.22. The number of rotatable bonds is 6. The van der Waals surface area contributed by atoms with E-state index in [0.29, 0.717) is 25.8 Å². The second kappa shape index (κ2) is 8.76. The fourth-order valence-corrected chi connectivity index (χ4v) is 4.34. The number of hydrogen-bond acceptors (Lipinski definition) is 3. The number of piperidine rings is 1. The average molecular weight is 404 g/mol. The molecule has 154 valence electrons. The highest BCUT2D eigenvalue weighted by Gasteiger charge is 2.39. The Hall–Kier alpha value is -3.05. The minimum atomic E-state index is -0.546. The second-order valence-electron chi connectivity index (χ2n) is 8.16. The van der Waals surface area contributed by atoms with Crippen LogP contribution in [0.1, 0.15) is 24.0 Å². The van der Waals surface area contributed by atoms with Gasteiger partial charge in [-0.3, -0.25) is 14.7 Å². The van der Waals surface area contributed by atoms with E-state index in [1.165, 1.54) is 6.07 Å². The molecule has 2 N–H and O–H groups in total. The molecule has 0 atom stereocenters. The lowest BCUT2D eigenvalue weighted by molar-refractivity contribution is -0.130. The maximum atomic E-state index is 13.5. The van der Waals surface area contributed by atoms with Crippen molar-refractivity contribution in [2.24, 2.45) is 11.1 Å². The fourth-order valence-electron chi connectivity index (χ4n) is 4.34. The van der Waals surface area contributed by atoms with E-state index in [0.717, 1.165) is 35.3 Å². The Morgan fingerprint density at radius 3 is 2.37 bits per heavy atom. The summed E-state index contributed by atoms with van der Waals surface area (Å²) in [4.78, 5) is 18.8. The van der Waals surface area contributed by atoms with Crippen LogP contribution in [0.3, 0.4) is 0 Å². The van der Waals surface area contributed by atoms with Gasteiger partial charge in [-0.25, -0.2) is 4.39 Å². The van der Waals surface area contributed by atoms with Gasteiger partial charge < -0.3 is 5.73 Å².